The van der Waals surface area contributed by atoms with Crippen molar-refractivity contribution in [2.75, 3.05) is 13.7 Å². The molecule has 0 fully saturated rings. The molecule has 1 unspecified atom stereocenters. The summed E-state index contributed by atoms with van der Waals surface area (Å²) in [7, 11) is 1.62. The van der Waals surface area contributed by atoms with E-state index < -0.39 is 5.92 Å². The Morgan fingerprint density at radius 1 is 1.13 bits per heavy atom. The molecule has 3 nitrogen and oxygen atoms in total. The third kappa shape index (κ3) is 2.93. The minimum absolute atomic E-state index is 0.283. The zero-order valence-electron chi connectivity index (χ0n) is 13.3. The highest BCUT2D eigenvalue weighted by atomic mass is 19.1. The summed E-state index contributed by atoms with van der Waals surface area (Å²) in [4.78, 5) is 12.6. The van der Waals surface area contributed by atoms with Gasteiger partial charge in [0.15, 0.2) is 0 Å². The monoisotopic (exact) mass is 314 g/mol. The van der Waals surface area contributed by atoms with E-state index in [0.717, 1.165) is 34.4 Å². The average Bonchev–Trinajstić information content (AvgIpc) is 2.71. The maximum atomic E-state index is 13.6. The zero-order valence-corrected chi connectivity index (χ0v) is 13.3. The quantitative estimate of drug-likeness (QED) is 0.812. The van der Waals surface area contributed by atoms with E-state index in [-0.39, 0.29) is 11.8 Å². The van der Waals surface area contributed by atoms with Gasteiger partial charge in [0.1, 0.15) is 17.5 Å². The number of carbonyl (C=O) groups is 1. The van der Waals surface area contributed by atoms with E-state index >= 15 is 0 Å². The van der Waals surface area contributed by atoms with Gasteiger partial charge in [0.25, 0.3) is 0 Å². The Morgan fingerprint density at radius 2 is 1.78 bits per heavy atom. The second kappa shape index (κ2) is 6.41. The van der Waals surface area contributed by atoms with E-state index in [9.17, 15) is 9.18 Å². The third-order valence-electron chi connectivity index (χ3n) is 4.26. The van der Waals surface area contributed by atoms with E-state index in [0.29, 0.717) is 13.0 Å². The van der Waals surface area contributed by atoms with E-state index in [1.165, 1.54) is 12.1 Å². The first-order valence-corrected chi connectivity index (χ1v) is 7.75. The summed E-state index contributed by atoms with van der Waals surface area (Å²) >= 11 is 0. The lowest BCUT2D eigenvalue weighted by Crippen LogP contribution is -2.18. The fourth-order valence-electron chi connectivity index (χ4n) is 3.20. The van der Waals surface area contributed by atoms with Gasteiger partial charge in [0.05, 0.1) is 13.7 Å². The highest BCUT2D eigenvalue weighted by molar-refractivity contribution is 5.83. The molecule has 0 heterocycles. The van der Waals surface area contributed by atoms with Crippen molar-refractivity contribution in [2.24, 2.45) is 0 Å². The molecule has 0 bridgehead atoms. The molecule has 23 heavy (non-hydrogen) atoms. The van der Waals surface area contributed by atoms with Crippen LogP contribution in [0.4, 0.5) is 4.39 Å². The molecular formula is C19H19FO3. The SMILES string of the molecule is CCOC(=O)C1c2ccc(F)cc2CCc2cc(OC)ccc21. The number of aryl methyl sites for hydroxylation is 2. The van der Waals surface area contributed by atoms with Crippen LogP contribution in [0.25, 0.3) is 0 Å². The van der Waals surface area contributed by atoms with E-state index in [1.807, 2.05) is 18.2 Å². The summed E-state index contributed by atoms with van der Waals surface area (Å²) in [5.74, 6) is -0.346. The molecule has 0 radical (unpaired) electrons. The molecule has 2 aromatic rings. The van der Waals surface area contributed by atoms with Gasteiger partial charge in [-0.3, -0.25) is 4.79 Å². The Balaban J connectivity index is 2.16. The summed E-state index contributed by atoms with van der Waals surface area (Å²) in [5, 5.41) is 0. The van der Waals surface area contributed by atoms with Crippen LogP contribution in [0.2, 0.25) is 0 Å². The summed E-state index contributed by atoms with van der Waals surface area (Å²) in [6, 6.07) is 10.3. The van der Waals surface area contributed by atoms with E-state index in [1.54, 1.807) is 20.1 Å². The predicted octanol–water partition coefficient (Wildman–Crippen LogP) is 3.63. The summed E-state index contributed by atoms with van der Waals surface area (Å²) in [6.07, 6.45) is 1.42. The van der Waals surface area contributed by atoms with Gasteiger partial charge in [-0.25, -0.2) is 4.39 Å². The Labute approximate surface area is 135 Å². The number of halogens is 1. The molecule has 0 amide bonds. The number of methoxy groups -OCH3 is 1. The van der Waals surface area contributed by atoms with Crippen LogP contribution >= 0.6 is 0 Å². The molecule has 2 aromatic carbocycles. The van der Waals surface area contributed by atoms with Crippen LogP contribution < -0.4 is 4.74 Å². The molecule has 0 spiro atoms. The number of fused-ring (bicyclic) bond motifs is 2. The Morgan fingerprint density at radius 3 is 2.43 bits per heavy atom. The van der Waals surface area contributed by atoms with Crippen LogP contribution in [-0.4, -0.2) is 19.7 Å². The molecule has 1 aliphatic rings. The molecule has 0 saturated heterocycles. The first kappa shape index (κ1) is 15.5. The highest BCUT2D eigenvalue weighted by Gasteiger charge is 2.31. The number of hydrogen-bond donors (Lipinski definition) is 0. The van der Waals surface area contributed by atoms with Crippen LogP contribution in [0.3, 0.4) is 0 Å². The van der Waals surface area contributed by atoms with Gasteiger partial charge in [0.2, 0.25) is 0 Å². The average molecular weight is 314 g/mol. The van der Waals surface area contributed by atoms with Crippen LogP contribution in [0, 0.1) is 5.82 Å². The molecule has 0 saturated carbocycles. The standard InChI is InChI=1S/C19H19FO3/c1-3-23-19(21)18-16-8-6-14(20)10-12(16)4-5-13-11-15(22-2)7-9-17(13)18/h6-11,18H,3-5H2,1-2H3. The number of ether oxygens (including phenoxy) is 2. The van der Waals surface area contributed by atoms with Crippen molar-refractivity contribution >= 4 is 5.97 Å². The van der Waals surface area contributed by atoms with E-state index in [2.05, 4.69) is 0 Å². The fraction of sp³-hybridized carbons (Fsp3) is 0.316. The van der Waals surface area contributed by atoms with Gasteiger partial charge in [-0.05, 0) is 66.3 Å². The largest absolute Gasteiger partial charge is 0.497 e. The first-order valence-electron chi connectivity index (χ1n) is 7.75. The van der Waals surface area contributed by atoms with Crippen molar-refractivity contribution in [1.29, 1.82) is 0 Å². The van der Waals surface area contributed by atoms with Crippen molar-refractivity contribution < 1.29 is 18.7 Å². The molecule has 0 aliphatic heterocycles. The van der Waals surface area contributed by atoms with Gasteiger partial charge in [0, 0.05) is 0 Å². The van der Waals surface area contributed by atoms with Crippen LogP contribution in [0.15, 0.2) is 36.4 Å². The van der Waals surface area contributed by atoms with Crippen molar-refractivity contribution in [3.05, 3.63) is 64.5 Å². The molecule has 4 heteroatoms. The van der Waals surface area contributed by atoms with Gasteiger partial charge in [-0.2, -0.15) is 0 Å². The molecule has 1 aliphatic carbocycles. The zero-order chi connectivity index (χ0) is 16.4. The fourth-order valence-corrected chi connectivity index (χ4v) is 3.20. The van der Waals surface area contributed by atoms with Gasteiger partial charge in [-0.15, -0.1) is 0 Å². The maximum Gasteiger partial charge on any atom is 0.317 e. The lowest BCUT2D eigenvalue weighted by Gasteiger charge is -2.19. The number of rotatable bonds is 3. The number of hydrogen-bond acceptors (Lipinski definition) is 3. The molecule has 1 atom stereocenters. The van der Waals surface area contributed by atoms with Crippen molar-refractivity contribution in [1.82, 2.24) is 0 Å². The smallest absolute Gasteiger partial charge is 0.317 e. The third-order valence-corrected chi connectivity index (χ3v) is 4.26. The predicted molar refractivity (Wildman–Crippen MR) is 85.3 cm³/mol. The normalized spacial score (nSPS) is 16.0. The maximum absolute atomic E-state index is 13.6. The summed E-state index contributed by atoms with van der Waals surface area (Å²) in [5.41, 5.74) is 3.64. The minimum atomic E-state index is -0.519. The molecule has 120 valence electrons. The van der Waals surface area contributed by atoms with Gasteiger partial charge >= 0.3 is 5.97 Å². The minimum Gasteiger partial charge on any atom is -0.497 e. The number of esters is 1. The number of carbonyl (C=O) groups excluding carboxylic acids is 1. The summed E-state index contributed by atoms with van der Waals surface area (Å²) < 4.78 is 24.2. The Kier molecular flexibility index (Phi) is 4.33. The lowest BCUT2D eigenvalue weighted by atomic mass is 9.88. The Hall–Kier alpha value is -2.36. The van der Waals surface area contributed by atoms with Crippen molar-refractivity contribution in [3.63, 3.8) is 0 Å². The lowest BCUT2D eigenvalue weighted by molar-refractivity contribution is -0.143. The summed E-state index contributed by atoms with van der Waals surface area (Å²) in [6.45, 7) is 2.10. The van der Waals surface area contributed by atoms with Crippen molar-refractivity contribution in [2.45, 2.75) is 25.7 Å². The molecule has 0 aromatic heterocycles. The topological polar surface area (TPSA) is 35.5 Å². The molecule has 3 rings (SSSR count). The number of benzene rings is 2. The second-order valence-corrected chi connectivity index (χ2v) is 5.59. The first-order chi connectivity index (χ1) is 11.1. The van der Waals surface area contributed by atoms with Crippen LogP contribution in [0.5, 0.6) is 5.75 Å². The molecule has 0 N–H and O–H groups in total. The van der Waals surface area contributed by atoms with Crippen LogP contribution in [-0.2, 0) is 22.4 Å². The van der Waals surface area contributed by atoms with Gasteiger partial charge in [-0.1, -0.05) is 12.1 Å². The van der Waals surface area contributed by atoms with Gasteiger partial charge < -0.3 is 9.47 Å². The molecular weight excluding hydrogens is 295 g/mol. The Bertz CT molecular complexity index is 739. The van der Waals surface area contributed by atoms with Crippen LogP contribution in [0.1, 0.15) is 35.1 Å². The highest BCUT2D eigenvalue weighted by Crippen LogP contribution is 2.37. The van der Waals surface area contributed by atoms with Crippen molar-refractivity contribution in [3.8, 4) is 5.75 Å². The second-order valence-electron chi connectivity index (χ2n) is 5.59. The van der Waals surface area contributed by atoms with E-state index in [4.69, 9.17) is 9.47 Å².